The summed E-state index contributed by atoms with van der Waals surface area (Å²) < 4.78 is 12.0. The van der Waals surface area contributed by atoms with Crippen LogP contribution in [-0.2, 0) is 8.85 Å². The van der Waals surface area contributed by atoms with E-state index >= 15 is 0 Å². The summed E-state index contributed by atoms with van der Waals surface area (Å²) in [6, 6.07) is 0. The Kier molecular flexibility index (Phi) is 6.26. The molecule has 0 N–H and O–H groups in total. The molecule has 0 amide bonds. The molecule has 0 spiro atoms. The monoisotopic (exact) mass is 272 g/mol. The minimum absolute atomic E-state index is 0.913. The van der Waals surface area contributed by atoms with Crippen molar-refractivity contribution in [2.24, 2.45) is 0 Å². The molecule has 0 bridgehead atoms. The first-order chi connectivity index (χ1) is 7.57. The summed E-state index contributed by atoms with van der Waals surface area (Å²) >= 11 is 0. The Hall–Kier alpha value is -0.486. The molecule has 4 heteroatoms. The van der Waals surface area contributed by atoms with Crippen LogP contribution in [0.1, 0.15) is 20.3 Å². The minimum atomic E-state index is -1.54. The zero-order valence-corrected chi connectivity index (χ0v) is 14.7. The molecule has 0 saturated carbocycles. The lowest BCUT2D eigenvalue weighted by Gasteiger charge is -2.24. The molecule has 0 radical (unpaired) electrons. The average Bonchev–Trinajstić information content (AvgIpc) is 2.11. The standard InChI is InChI=1S/C13H28O2Si2/c1-9-12(14-16(3,4)5)11-13(10-2)15-17(6,7)8/h9,11H,10H2,1-8H3/b12-9+,13-11+. The van der Waals surface area contributed by atoms with Crippen LogP contribution in [0.3, 0.4) is 0 Å². The van der Waals surface area contributed by atoms with Gasteiger partial charge < -0.3 is 8.85 Å². The van der Waals surface area contributed by atoms with Crippen LogP contribution in [0.25, 0.3) is 0 Å². The second-order valence-corrected chi connectivity index (χ2v) is 14.9. The third-order valence-electron chi connectivity index (χ3n) is 1.80. The summed E-state index contributed by atoms with van der Waals surface area (Å²) in [5.41, 5.74) is 0. The van der Waals surface area contributed by atoms with Gasteiger partial charge in [0.15, 0.2) is 0 Å². The molecule has 0 saturated heterocycles. The molecule has 17 heavy (non-hydrogen) atoms. The molecule has 0 aliphatic carbocycles. The first-order valence-electron chi connectivity index (χ1n) is 6.32. The van der Waals surface area contributed by atoms with Crippen molar-refractivity contribution in [3.63, 3.8) is 0 Å². The first-order valence-corrected chi connectivity index (χ1v) is 13.1. The van der Waals surface area contributed by atoms with Crippen LogP contribution in [0.5, 0.6) is 0 Å². The molecule has 0 atom stereocenters. The highest BCUT2D eigenvalue weighted by Gasteiger charge is 2.19. The maximum Gasteiger partial charge on any atom is 0.242 e. The Balaban J connectivity index is 4.81. The zero-order chi connectivity index (χ0) is 13.7. The van der Waals surface area contributed by atoms with E-state index in [9.17, 15) is 0 Å². The summed E-state index contributed by atoms with van der Waals surface area (Å²) in [6.07, 6.45) is 4.98. The van der Waals surface area contributed by atoms with E-state index in [1.54, 1.807) is 0 Å². The predicted molar refractivity (Wildman–Crippen MR) is 81.0 cm³/mol. The summed E-state index contributed by atoms with van der Waals surface area (Å²) in [6.45, 7) is 17.3. The Labute approximate surface area is 109 Å². The molecule has 0 aromatic carbocycles. The van der Waals surface area contributed by atoms with E-state index in [2.05, 4.69) is 52.3 Å². The van der Waals surface area contributed by atoms with E-state index in [1.165, 1.54) is 0 Å². The van der Waals surface area contributed by atoms with Crippen LogP contribution in [-0.4, -0.2) is 16.6 Å². The third kappa shape index (κ3) is 9.24. The number of hydrogen-bond donors (Lipinski definition) is 0. The van der Waals surface area contributed by atoms with Crippen molar-refractivity contribution < 1.29 is 8.85 Å². The van der Waals surface area contributed by atoms with Gasteiger partial charge in [-0.15, -0.1) is 0 Å². The highest BCUT2D eigenvalue weighted by atomic mass is 28.4. The summed E-state index contributed by atoms with van der Waals surface area (Å²) in [4.78, 5) is 0. The number of allylic oxidation sites excluding steroid dienone is 3. The van der Waals surface area contributed by atoms with E-state index in [-0.39, 0.29) is 0 Å². The third-order valence-corrected chi connectivity index (χ3v) is 3.52. The first kappa shape index (κ1) is 16.5. The number of hydrogen-bond acceptors (Lipinski definition) is 2. The lowest BCUT2D eigenvalue weighted by molar-refractivity contribution is 0.391. The molecule has 0 fully saturated rings. The molecular formula is C13H28O2Si2. The Morgan fingerprint density at radius 2 is 1.41 bits per heavy atom. The predicted octanol–water partition coefficient (Wildman–Crippen LogP) is 4.89. The number of rotatable bonds is 6. The molecule has 2 nitrogen and oxygen atoms in total. The fourth-order valence-electron chi connectivity index (χ4n) is 1.28. The normalized spacial score (nSPS) is 14.8. The molecule has 0 aliphatic heterocycles. The smallest absolute Gasteiger partial charge is 0.242 e. The van der Waals surface area contributed by atoms with Crippen molar-refractivity contribution in [1.82, 2.24) is 0 Å². The van der Waals surface area contributed by atoms with Crippen molar-refractivity contribution in [1.29, 1.82) is 0 Å². The van der Waals surface area contributed by atoms with Crippen LogP contribution in [0.2, 0.25) is 39.3 Å². The van der Waals surface area contributed by atoms with Crippen LogP contribution in [0.15, 0.2) is 23.7 Å². The Morgan fingerprint density at radius 1 is 0.941 bits per heavy atom. The van der Waals surface area contributed by atoms with Gasteiger partial charge in [0.2, 0.25) is 16.6 Å². The van der Waals surface area contributed by atoms with Gasteiger partial charge in [-0.2, -0.15) is 0 Å². The van der Waals surface area contributed by atoms with E-state index in [0.29, 0.717) is 0 Å². The second kappa shape index (κ2) is 6.45. The quantitative estimate of drug-likeness (QED) is 0.389. The highest BCUT2D eigenvalue weighted by molar-refractivity contribution is 6.70. The van der Waals surface area contributed by atoms with Gasteiger partial charge in [-0.3, -0.25) is 0 Å². The lowest BCUT2D eigenvalue weighted by Crippen LogP contribution is -2.26. The summed E-state index contributed by atoms with van der Waals surface area (Å²) in [5, 5.41) is 0. The molecule has 0 heterocycles. The van der Waals surface area contributed by atoms with Crippen molar-refractivity contribution in [3.05, 3.63) is 23.7 Å². The summed E-state index contributed by atoms with van der Waals surface area (Å²) in [5.74, 6) is 1.98. The topological polar surface area (TPSA) is 18.5 Å². The van der Waals surface area contributed by atoms with E-state index in [0.717, 1.165) is 17.9 Å². The van der Waals surface area contributed by atoms with Gasteiger partial charge >= 0.3 is 0 Å². The Morgan fingerprint density at radius 3 is 1.71 bits per heavy atom. The van der Waals surface area contributed by atoms with E-state index in [4.69, 9.17) is 8.85 Å². The fourth-order valence-corrected chi connectivity index (χ4v) is 3.15. The second-order valence-electron chi connectivity index (χ2n) is 6.08. The van der Waals surface area contributed by atoms with Crippen LogP contribution in [0.4, 0.5) is 0 Å². The molecule has 0 aromatic rings. The minimum Gasteiger partial charge on any atom is -0.547 e. The molecule has 0 unspecified atom stereocenters. The SMILES string of the molecule is C/C=C(\C=C(/CC)O[Si](C)(C)C)O[Si](C)(C)C. The van der Waals surface area contributed by atoms with Crippen molar-refractivity contribution in [2.75, 3.05) is 0 Å². The van der Waals surface area contributed by atoms with E-state index in [1.807, 2.05) is 13.0 Å². The van der Waals surface area contributed by atoms with Gasteiger partial charge in [0.1, 0.15) is 5.76 Å². The molecule has 0 rings (SSSR count). The lowest BCUT2D eigenvalue weighted by atomic mass is 10.3. The average molecular weight is 273 g/mol. The largest absolute Gasteiger partial charge is 0.547 e. The van der Waals surface area contributed by atoms with Gasteiger partial charge in [0.05, 0.1) is 5.76 Å². The van der Waals surface area contributed by atoms with Gasteiger partial charge in [-0.05, 0) is 52.3 Å². The van der Waals surface area contributed by atoms with Gasteiger partial charge in [0.25, 0.3) is 0 Å². The fraction of sp³-hybridized carbons (Fsp3) is 0.692. The molecule has 0 aromatic heterocycles. The van der Waals surface area contributed by atoms with Crippen molar-refractivity contribution >= 4 is 16.6 Å². The summed E-state index contributed by atoms with van der Waals surface area (Å²) in [7, 11) is -3.06. The zero-order valence-electron chi connectivity index (χ0n) is 12.7. The molecule has 100 valence electrons. The maximum absolute atomic E-state index is 6.03. The van der Waals surface area contributed by atoms with Crippen molar-refractivity contribution in [3.8, 4) is 0 Å². The van der Waals surface area contributed by atoms with Crippen LogP contribution >= 0.6 is 0 Å². The van der Waals surface area contributed by atoms with Gasteiger partial charge in [0, 0.05) is 12.5 Å². The highest BCUT2D eigenvalue weighted by Crippen LogP contribution is 2.18. The molecular weight excluding hydrogens is 244 g/mol. The van der Waals surface area contributed by atoms with E-state index < -0.39 is 16.6 Å². The maximum atomic E-state index is 6.03. The van der Waals surface area contributed by atoms with Crippen LogP contribution in [0, 0.1) is 0 Å². The van der Waals surface area contributed by atoms with Gasteiger partial charge in [-0.25, -0.2) is 0 Å². The van der Waals surface area contributed by atoms with Crippen molar-refractivity contribution in [2.45, 2.75) is 59.6 Å². The van der Waals surface area contributed by atoms with Crippen LogP contribution < -0.4 is 0 Å². The Bertz CT molecular complexity index is 294. The van der Waals surface area contributed by atoms with Gasteiger partial charge in [-0.1, -0.05) is 6.92 Å². The molecule has 0 aliphatic rings.